The van der Waals surface area contributed by atoms with Crippen molar-refractivity contribution in [1.29, 1.82) is 0 Å². The smallest absolute Gasteiger partial charge is 0.419 e. The van der Waals surface area contributed by atoms with Crippen molar-refractivity contribution in [2.24, 2.45) is 23.7 Å². The quantitative estimate of drug-likeness (QED) is 0.179. The second kappa shape index (κ2) is 12.4. The van der Waals surface area contributed by atoms with Crippen LogP contribution in [-0.2, 0) is 11.0 Å². The molecule has 3 fully saturated rings. The molecule has 4 N–H and O–H groups in total. The molecule has 12 heteroatoms. The van der Waals surface area contributed by atoms with Gasteiger partial charge in [0.2, 0.25) is 5.91 Å². The third-order valence-electron chi connectivity index (χ3n) is 8.42. The molecule has 230 valence electrons. The van der Waals surface area contributed by atoms with Crippen LogP contribution in [0.2, 0.25) is 0 Å². The van der Waals surface area contributed by atoms with Crippen LogP contribution in [0.25, 0.3) is 0 Å². The van der Waals surface area contributed by atoms with Crippen LogP contribution >= 0.6 is 0 Å². The highest BCUT2D eigenvalue weighted by Crippen LogP contribution is 2.54. The second-order valence-electron chi connectivity index (χ2n) is 11.2. The highest BCUT2D eigenvalue weighted by molar-refractivity contribution is 6.02. The van der Waals surface area contributed by atoms with Gasteiger partial charge in [-0.25, -0.2) is 4.39 Å². The average Bonchev–Trinajstić information content (AvgIpc) is 3.65. The highest BCUT2D eigenvalue weighted by Gasteiger charge is 2.55. The molecule has 3 aliphatic rings. The molecule has 4 atom stereocenters. The Morgan fingerprint density at radius 3 is 2.44 bits per heavy atom. The maximum atomic E-state index is 13.9. The number of carbonyl (C=O) groups excluding carboxylic acids is 3. The molecule has 3 saturated carbocycles. The fraction of sp³-hybridized carbons (Fsp3) is 0.452. The molecule has 3 amide bonds. The number of amides is 3. The van der Waals surface area contributed by atoms with Crippen LogP contribution in [0, 0.1) is 29.5 Å². The van der Waals surface area contributed by atoms with Gasteiger partial charge in [-0.15, -0.1) is 0 Å². The number of nitrogens with one attached hydrogen (secondary N) is 3. The number of rotatable bonds is 10. The Kier molecular flexibility index (Phi) is 8.77. The van der Waals surface area contributed by atoms with Crippen LogP contribution in [0.15, 0.2) is 48.0 Å². The SMILES string of the molecule is COc1ccc(C(=O)NCCCO)cc1C(=O)N[C@H]1[C@@H](C(=O)Nc2ccc(F)c(C(F)(F)F)c2)[C@H]2CC[C@@H]1/C2=C\C1CC1. The molecular weight excluding hydrogens is 570 g/mol. The van der Waals surface area contributed by atoms with E-state index < -0.39 is 47.2 Å². The first-order valence-corrected chi connectivity index (χ1v) is 14.3. The lowest BCUT2D eigenvalue weighted by atomic mass is 9.83. The van der Waals surface area contributed by atoms with Crippen molar-refractivity contribution in [2.45, 2.75) is 44.3 Å². The number of ether oxygens (including phenoxy) is 1. The molecule has 0 aromatic heterocycles. The molecular formula is C31H33F4N3O5. The van der Waals surface area contributed by atoms with Gasteiger partial charge in [0, 0.05) is 36.4 Å². The Hall–Kier alpha value is -3.93. The lowest BCUT2D eigenvalue weighted by molar-refractivity contribution is -0.140. The second-order valence-corrected chi connectivity index (χ2v) is 11.2. The molecule has 5 rings (SSSR count). The van der Waals surface area contributed by atoms with Gasteiger partial charge in [-0.2, -0.15) is 13.2 Å². The van der Waals surface area contributed by atoms with Crippen molar-refractivity contribution in [2.75, 3.05) is 25.6 Å². The van der Waals surface area contributed by atoms with E-state index in [1.165, 1.54) is 25.3 Å². The molecule has 43 heavy (non-hydrogen) atoms. The summed E-state index contributed by atoms with van der Waals surface area (Å²) >= 11 is 0. The number of hydrogen-bond acceptors (Lipinski definition) is 5. The summed E-state index contributed by atoms with van der Waals surface area (Å²) in [5.74, 6) is -3.51. The summed E-state index contributed by atoms with van der Waals surface area (Å²) in [5, 5.41) is 17.1. The van der Waals surface area contributed by atoms with E-state index in [9.17, 15) is 31.9 Å². The van der Waals surface area contributed by atoms with E-state index in [0.717, 1.165) is 30.9 Å². The van der Waals surface area contributed by atoms with Gasteiger partial charge in [0.05, 0.1) is 24.2 Å². The van der Waals surface area contributed by atoms with Crippen LogP contribution in [0.5, 0.6) is 5.75 Å². The minimum Gasteiger partial charge on any atom is -0.496 e. The van der Waals surface area contributed by atoms with Crippen molar-refractivity contribution in [3.63, 3.8) is 0 Å². The van der Waals surface area contributed by atoms with Gasteiger partial charge in [0.1, 0.15) is 11.6 Å². The lowest BCUT2D eigenvalue weighted by Crippen LogP contribution is -2.48. The summed E-state index contributed by atoms with van der Waals surface area (Å²) in [6, 6.07) is 6.03. The van der Waals surface area contributed by atoms with E-state index in [4.69, 9.17) is 9.84 Å². The summed E-state index contributed by atoms with van der Waals surface area (Å²) in [4.78, 5) is 39.9. The first-order valence-electron chi connectivity index (χ1n) is 14.3. The number of benzene rings is 2. The fourth-order valence-electron chi connectivity index (χ4n) is 6.24. The topological polar surface area (TPSA) is 117 Å². The first kappa shape index (κ1) is 30.5. The molecule has 0 saturated heterocycles. The number of carbonyl (C=O) groups is 3. The molecule has 2 aromatic carbocycles. The number of aliphatic hydroxyl groups is 1. The Balaban J connectivity index is 1.41. The third-order valence-corrected chi connectivity index (χ3v) is 8.42. The Bertz CT molecular complexity index is 1440. The number of anilines is 1. The minimum absolute atomic E-state index is 0.0836. The van der Waals surface area contributed by atoms with Crippen molar-refractivity contribution in [3.05, 3.63) is 70.6 Å². The molecule has 2 bridgehead atoms. The number of halogens is 4. The summed E-state index contributed by atoms with van der Waals surface area (Å²) in [6.45, 7) is 0.163. The van der Waals surface area contributed by atoms with Gasteiger partial charge in [-0.3, -0.25) is 14.4 Å². The number of methoxy groups -OCH3 is 1. The molecule has 8 nitrogen and oxygen atoms in total. The number of aliphatic hydroxyl groups excluding tert-OH is 1. The van der Waals surface area contributed by atoms with Crippen LogP contribution in [0.3, 0.4) is 0 Å². The van der Waals surface area contributed by atoms with Crippen LogP contribution < -0.4 is 20.7 Å². The van der Waals surface area contributed by atoms with E-state index >= 15 is 0 Å². The lowest BCUT2D eigenvalue weighted by Gasteiger charge is -2.30. The van der Waals surface area contributed by atoms with Gasteiger partial charge < -0.3 is 25.8 Å². The minimum atomic E-state index is -4.93. The molecule has 0 aliphatic heterocycles. The molecule has 0 unspecified atom stereocenters. The average molecular weight is 604 g/mol. The number of alkyl halides is 3. The van der Waals surface area contributed by atoms with Crippen LogP contribution in [0.4, 0.5) is 23.2 Å². The molecule has 0 radical (unpaired) electrons. The third kappa shape index (κ3) is 6.53. The zero-order chi connectivity index (χ0) is 30.9. The Morgan fingerprint density at radius 1 is 1.02 bits per heavy atom. The summed E-state index contributed by atoms with van der Waals surface area (Å²) < 4.78 is 59.1. The van der Waals surface area contributed by atoms with E-state index in [2.05, 4.69) is 22.0 Å². The Labute approximate surface area is 245 Å². The maximum absolute atomic E-state index is 13.9. The molecule has 2 aromatic rings. The van der Waals surface area contributed by atoms with Gasteiger partial charge in [0.15, 0.2) is 0 Å². The van der Waals surface area contributed by atoms with Crippen LogP contribution in [-0.4, -0.2) is 49.1 Å². The highest BCUT2D eigenvalue weighted by atomic mass is 19.4. The number of allylic oxidation sites excluding steroid dienone is 1. The number of hydrogen-bond donors (Lipinski definition) is 4. The normalized spacial score (nSPS) is 23.7. The van der Waals surface area contributed by atoms with E-state index in [1.807, 2.05) is 0 Å². The maximum Gasteiger partial charge on any atom is 0.419 e. The molecule has 0 spiro atoms. The molecule has 0 heterocycles. The van der Waals surface area contributed by atoms with Crippen LogP contribution in [0.1, 0.15) is 58.4 Å². The summed E-state index contributed by atoms with van der Waals surface area (Å²) in [7, 11) is 1.38. The predicted molar refractivity (Wildman–Crippen MR) is 149 cm³/mol. The monoisotopic (exact) mass is 603 g/mol. The van der Waals surface area contributed by atoms with Crippen molar-refractivity contribution in [3.8, 4) is 5.75 Å². The van der Waals surface area contributed by atoms with Gasteiger partial charge in [-0.1, -0.05) is 11.6 Å². The van der Waals surface area contributed by atoms with Crippen molar-refractivity contribution < 1.29 is 41.8 Å². The van der Waals surface area contributed by atoms with Crippen molar-refractivity contribution >= 4 is 23.4 Å². The van der Waals surface area contributed by atoms with E-state index in [0.29, 0.717) is 30.9 Å². The Morgan fingerprint density at radius 2 is 1.77 bits per heavy atom. The summed E-state index contributed by atoms with van der Waals surface area (Å²) in [5.41, 5.74) is -0.310. The van der Waals surface area contributed by atoms with Crippen molar-refractivity contribution in [1.82, 2.24) is 10.6 Å². The standard InChI is InChI=1S/C31H33F4N3O5/c1-43-25-10-5-17(28(40)36-11-2-12-39)14-22(25)29(41)38-27-20-8-7-19(21(20)13-16-3-4-16)26(27)30(42)37-18-6-9-24(32)23(15-18)31(33,34)35/h5-6,9-10,13-16,19-20,26-27,39H,2-4,7-8,11-12H2,1H3,(H,36,40)(H,37,42)(H,38,41)/b21-13-/t19-,20+,26-,27+/m0/s1. The predicted octanol–water partition coefficient (Wildman–Crippen LogP) is 4.69. The van der Waals surface area contributed by atoms with E-state index in [-0.39, 0.29) is 47.6 Å². The zero-order valence-electron chi connectivity index (χ0n) is 23.5. The van der Waals surface area contributed by atoms with Gasteiger partial charge in [0.25, 0.3) is 11.8 Å². The zero-order valence-corrected chi connectivity index (χ0v) is 23.5. The largest absolute Gasteiger partial charge is 0.496 e. The van der Waals surface area contributed by atoms with E-state index in [1.54, 1.807) is 0 Å². The van der Waals surface area contributed by atoms with Gasteiger partial charge in [-0.05, 0) is 80.3 Å². The fourth-order valence-corrected chi connectivity index (χ4v) is 6.24. The number of fused-ring (bicyclic) bond motifs is 2. The van der Waals surface area contributed by atoms with Gasteiger partial charge >= 0.3 is 6.18 Å². The molecule has 3 aliphatic carbocycles. The summed E-state index contributed by atoms with van der Waals surface area (Å²) in [6.07, 6.45) is 1.11. The first-order chi connectivity index (χ1) is 20.5.